The molecule has 0 fully saturated rings. The standard InChI is InChI=1S/C26H25ClN2O3/c1-16-14-24(32-4)17(2)13-22(16)25-28-23-15-19(27)7-10-21(23)26(30)29(25)12-11-18-5-8-20(31-3)9-6-18/h5-10,13-15H,11-12H2,1-4H3. The van der Waals surface area contributed by atoms with Gasteiger partial charge in [0.2, 0.25) is 0 Å². The summed E-state index contributed by atoms with van der Waals surface area (Å²) in [6, 6.07) is 17.1. The van der Waals surface area contributed by atoms with Crippen LogP contribution in [-0.4, -0.2) is 23.8 Å². The summed E-state index contributed by atoms with van der Waals surface area (Å²) in [4.78, 5) is 18.4. The number of benzene rings is 3. The highest BCUT2D eigenvalue weighted by Crippen LogP contribution is 2.30. The molecular formula is C26H25ClN2O3. The quantitative estimate of drug-likeness (QED) is 0.385. The Kier molecular flexibility index (Phi) is 6.19. The van der Waals surface area contributed by atoms with Crippen molar-refractivity contribution in [3.8, 4) is 22.9 Å². The van der Waals surface area contributed by atoms with Gasteiger partial charge in [-0.25, -0.2) is 4.98 Å². The molecule has 0 N–H and O–H groups in total. The zero-order chi connectivity index (χ0) is 22.8. The maximum atomic E-state index is 13.5. The largest absolute Gasteiger partial charge is 0.497 e. The van der Waals surface area contributed by atoms with Gasteiger partial charge >= 0.3 is 0 Å². The molecule has 4 rings (SSSR count). The molecule has 6 heteroatoms. The van der Waals surface area contributed by atoms with Crippen molar-refractivity contribution in [3.05, 3.63) is 86.7 Å². The lowest BCUT2D eigenvalue weighted by atomic mass is 10.0. The molecule has 0 amide bonds. The molecule has 0 atom stereocenters. The summed E-state index contributed by atoms with van der Waals surface area (Å²) in [7, 11) is 3.30. The number of nitrogens with zero attached hydrogens (tertiary/aromatic N) is 2. The van der Waals surface area contributed by atoms with Crippen molar-refractivity contribution in [1.82, 2.24) is 9.55 Å². The second kappa shape index (κ2) is 9.05. The molecule has 0 aliphatic carbocycles. The van der Waals surface area contributed by atoms with E-state index in [4.69, 9.17) is 26.1 Å². The van der Waals surface area contributed by atoms with Crippen molar-refractivity contribution >= 4 is 22.5 Å². The van der Waals surface area contributed by atoms with Crippen LogP contribution in [0, 0.1) is 13.8 Å². The van der Waals surface area contributed by atoms with E-state index in [1.807, 2.05) is 50.2 Å². The molecule has 5 nitrogen and oxygen atoms in total. The van der Waals surface area contributed by atoms with Crippen molar-refractivity contribution in [3.63, 3.8) is 0 Å². The Morgan fingerprint density at radius 2 is 1.69 bits per heavy atom. The van der Waals surface area contributed by atoms with E-state index in [0.717, 1.165) is 33.8 Å². The third-order valence-electron chi connectivity index (χ3n) is 5.68. The first-order valence-electron chi connectivity index (χ1n) is 10.4. The molecule has 0 aliphatic rings. The molecule has 0 unspecified atom stereocenters. The first kappa shape index (κ1) is 21.9. The third-order valence-corrected chi connectivity index (χ3v) is 5.92. The Morgan fingerprint density at radius 3 is 2.38 bits per heavy atom. The summed E-state index contributed by atoms with van der Waals surface area (Å²) in [5.41, 5.74) is 4.49. The van der Waals surface area contributed by atoms with E-state index in [0.29, 0.717) is 34.7 Å². The zero-order valence-electron chi connectivity index (χ0n) is 18.6. The Balaban J connectivity index is 1.86. The van der Waals surface area contributed by atoms with Crippen molar-refractivity contribution < 1.29 is 9.47 Å². The van der Waals surface area contributed by atoms with E-state index in [-0.39, 0.29) is 5.56 Å². The van der Waals surface area contributed by atoms with Gasteiger partial charge in [0.1, 0.15) is 17.3 Å². The van der Waals surface area contributed by atoms with Gasteiger partial charge in [0, 0.05) is 17.1 Å². The topological polar surface area (TPSA) is 53.4 Å². The molecule has 4 aromatic rings. The lowest BCUT2D eigenvalue weighted by Crippen LogP contribution is -2.25. The second-order valence-electron chi connectivity index (χ2n) is 7.79. The molecule has 164 valence electrons. The van der Waals surface area contributed by atoms with E-state index in [1.54, 1.807) is 37.0 Å². The number of rotatable bonds is 6. The molecule has 1 aromatic heterocycles. The molecule has 1 heterocycles. The number of methoxy groups -OCH3 is 2. The molecule has 0 bridgehead atoms. The summed E-state index contributed by atoms with van der Waals surface area (Å²) in [6.45, 7) is 4.48. The highest BCUT2D eigenvalue weighted by Gasteiger charge is 2.16. The number of fused-ring (bicyclic) bond motifs is 1. The first-order chi connectivity index (χ1) is 15.4. The third kappa shape index (κ3) is 4.21. The molecule has 32 heavy (non-hydrogen) atoms. The summed E-state index contributed by atoms with van der Waals surface area (Å²) < 4.78 is 12.5. The van der Waals surface area contributed by atoms with Gasteiger partial charge in [0.25, 0.3) is 5.56 Å². The average molecular weight is 449 g/mol. The Labute approximate surface area is 192 Å². The molecule has 0 radical (unpaired) electrons. The van der Waals surface area contributed by atoms with Crippen LogP contribution in [0.3, 0.4) is 0 Å². The van der Waals surface area contributed by atoms with Crippen LogP contribution in [0.2, 0.25) is 5.02 Å². The van der Waals surface area contributed by atoms with E-state index < -0.39 is 0 Å². The van der Waals surface area contributed by atoms with Crippen molar-refractivity contribution in [2.75, 3.05) is 14.2 Å². The number of halogens is 1. The van der Waals surface area contributed by atoms with Crippen molar-refractivity contribution in [2.45, 2.75) is 26.8 Å². The van der Waals surface area contributed by atoms with Gasteiger partial charge < -0.3 is 9.47 Å². The van der Waals surface area contributed by atoms with Crippen molar-refractivity contribution in [1.29, 1.82) is 0 Å². The van der Waals surface area contributed by atoms with Crippen LogP contribution < -0.4 is 15.0 Å². The van der Waals surface area contributed by atoms with Crippen LogP contribution in [0.1, 0.15) is 16.7 Å². The van der Waals surface area contributed by atoms with E-state index in [1.165, 1.54) is 0 Å². The van der Waals surface area contributed by atoms with Gasteiger partial charge in [-0.3, -0.25) is 9.36 Å². The summed E-state index contributed by atoms with van der Waals surface area (Å²) in [5, 5.41) is 1.10. The number of hydrogen-bond donors (Lipinski definition) is 0. The average Bonchev–Trinajstić information content (AvgIpc) is 2.79. The van der Waals surface area contributed by atoms with Gasteiger partial charge in [0.15, 0.2) is 0 Å². The van der Waals surface area contributed by atoms with Gasteiger partial charge in [-0.2, -0.15) is 0 Å². The maximum Gasteiger partial charge on any atom is 0.261 e. The smallest absolute Gasteiger partial charge is 0.261 e. The lowest BCUT2D eigenvalue weighted by molar-refractivity contribution is 0.411. The maximum absolute atomic E-state index is 13.5. The molecule has 0 saturated heterocycles. The number of aromatic nitrogens is 2. The second-order valence-corrected chi connectivity index (χ2v) is 8.22. The predicted octanol–water partition coefficient (Wildman–Crippen LogP) is 5.59. The Hall–Kier alpha value is -3.31. The van der Waals surface area contributed by atoms with Crippen LogP contribution in [0.5, 0.6) is 11.5 Å². The zero-order valence-corrected chi connectivity index (χ0v) is 19.4. The molecular weight excluding hydrogens is 424 g/mol. The Bertz CT molecular complexity index is 1340. The Morgan fingerprint density at radius 1 is 0.938 bits per heavy atom. The fourth-order valence-electron chi connectivity index (χ4n) is 3.89. The van der Waals surface area contributed by atoms with Crippen LogP contribution in [0.15, 0.2) is 59.4 Å². The minimum absolute atomic E-state index is 0.0805. The number of ether oxygens (including phenoxy) is 2. The van der Waals surface area contributed by atoms with E-state index in [9.17, 15) is 4.79 Å². The highest BCUT2D eigenvalue weighted by atomic mass is 35.5. The SMILES string of the molecule is COc1ccc(CCn2c(-c3cc(C)c(OC)cc3C)nc3cc(Cl)ccc3c2=O)cc1. The fourth-order valence-corrected chi connectivity index (χ4v) is 4.06. The summed E-state index contributed by atoms with van der Waals surface area (Å²) in [6.07, 6.45) is 0.686. The van der Waals surface area contributed by atoms with Gasteiger partial charge in [-0.15, -0.1) is 0 Å². The fraction of sp³-hybridized carbons (Fsp3) is 0.231. The summed E-state index contributed by atoms with van der Waals surface area (Å²) in [5.74, 6) is 2.24. The van der Waals surface area contributed by atoms with Gasteiger partial charge in [-0.1, -0.05) is 23.7 Å². The molecule has 0 aliphatic heterocycles. The monoisotopic (exact) mass is 448 g/mol. The number of hydrogen-bond acceptors (Lipinski definition) is 4. The van der Waals surface area contributed by atoms with Crippen LogP contribution in [0.4, 0.5) is 0 Å². The summed E-state index contributed by atoms with van der Waals surface area (Å²) >= 11 is 6.20. The van der Waals surface area contributed by atoms with Crippen LogP contribution >= 0.6 is 11.6 Å². The molecule has 3 aromatic carbocycles. The molecule has 0 spiro atoms. The van der Waals surface area contributed by atoms with Gasteiger partial charge in [-0.05, 0) is 79.4 Å². The van der Waals surface area contributed by atoms with Crippen molar-refractivity contribution in [2.24, 2.45) is 0 Å². The predicted molar refractivity (Wildman–Crippen MR) is 129 cm³/mol. The van der Waals surface area contributed by atoms with Crippen LogP contribution in [-0.2, 0) is 13.0 Å². The van der Waals surface area contributed by atoms with E-state index in [2.05, 4.69) is 0 Å². The minimum Gasteiger partial charge on any atom is -0.497 e. The molecule has 0 saturated carbocycles. The first-order valence-corrected chi connectivity index (χ1v) is 10.8. The minimum atomic E-state index is -0.0805. The van der Waals surface area contributed by atoms with Crippen LogP contribution in [0.25, 0.3) is 22.3 Å². The normalized spacial score (nSPS) is 11.0. The van der Waals surface area contributed by atoms with E-state index >= 15 is 0 Å². The lowest BCUT2D eigenvalue weighted by Gasteiger charge is -2.17. The van der Waals surface area contributed by atoms with Gasteiger partial charge in [0.05, 0.1) is 25.1 Å². The number of aryl methyl sites for hydroxylation is 3. The highest BCUT2D eigenvalue weighted by molar-refractivity contribution is 6.31.